The number of benzene rings is 1. The summed E-state index contributed by atoms with van der Waals surface area (Å²) in [5.74, 6) is 0.0163. The number of ketones is 1. The molecule has 0 bridgehead atoms. The molecule has 4 rings (SSSR count). The summed E-state index contributed by atoms with van der Waals surface area (Å²) in [4.78, 5) is 31.6. The standard InChI is InChI=1S/C18H17N3O2S/c1-12(22)16-6-7-17(24-16)18(23)20-9-8-13(10-20)21-11-19-14-4-2-3-5-15(14)21/h2-7,11,13H,8-10H2,1H3. The maximum Gasteiger partial charge on any atom is 0.264 e. The number of nitrogens with zero attached hydrogens (tertiary/aromatic N) is 3. The summed E-state index contributed by atoms with van der Waals surface area (Å²) in [6.07, 6.45) is 2.78. The van der Waals surface area contributed by atoms with Gasteiger partial charge in [-0.15, -0.1) is 11.3 Å². The summed E-state index contributed by atoms with van der Waals surface area (Å²) in [6.45, 7) is 2.92. The highest BCUT2D eigenvalue weighted by Crippen LogP contribution is 2.28. The lowest BCUT2D eigenvalue weighted by Gasteiger charge is -2.16. The molecule has 6 heteroatoms. The second-order valence-corrected chi connectivity index (χ2v) is 7.14. The third-order valence-corrected chi connectivity index (χ3v) is 5.66. The molecule has 0 N–H and O–H groups in total. The van der Waals surface area contributed by atoms with Crippen molar-refractivity contribution >= 4 is 34.1 Å². The molecule has 1 aromatic carbocycles. The van der Waals surface area contributed by atoms with Crippen molar-refractivity contribution in [2.24, 2.45) is 0 Å². The molecule has 5 nitrogen and oxygen atoms in total. The molecule has 24 heavy (non-hydrogen) atoms. The van der Waals surface area contributed by atoms with Gasteiger partial charge in [0.15, 0.2) is 5.78 Å². The molecule has 0 saturated carbocycles. The number of carbonyl (C=O) groups excluding carboxylic acids is 2. The Hall–Kier alpha value is -2.47. The fourth-order valence-corrected chi connectivity index (χ4v) is 4.09. The van der Waals surface area contributed by atoms with E-state index in [1.54, 1.807) is 12.1 Å². The highest BCUT2D eigenvalue weighted by atomic mass is 32.1. The maximum absolute atomic E-state index is 12.7. The molecule has 1 aliphatic rings. The number of amides is 1. The van der Waals surface area contributed by atoms with Crippen molar-refractivity contribution < 1.29 is 9.59 Å². The zero-order chi connectivity index (χ0) is 16.7. The van der Waals surface area contributed by atoms with Gasteiger partial charge in [0, 0.05) is 13.1 Å². The molecule has 122 valence electrons. The topological polar surface area (TPSA) is 55.2 Å². The summed E-state index contributed by atoms with van der Waals surface area (Å²) in [7, 11) is 0. The Bertz CT molecular complexity index is 927. The Labute approximate surface area is 143 Å². The average molecular weight is 339 g/mol. The van der Waals surface area contributed by atoms with Gasteiger partial charge in [-0.3, -0.25) is 9.59 Å². The summed E-state index contributed by atoms with van der Waals surface area (Å²) < 4.78 is 2.16. The van der Waals surface area contributed by atoms with Crippen molar-refractivity contribution in [3.05, 3.63) is 52.5 Å². The van der Waals surface area contributed by atoms with Gasteiger partial charge >= 0.3 is 0 Å². The van der Waals surface area contributed by atoms with Crippen LogP contribution in [0, 0.1) is 0 Å². The largest absolute Gasteiger partial charge is 0.336 e. The first-order valence-corrected chi connectivity index (χ1v) is 8.77. The van der Waals surface area contributed by atoms with Gasteiger partial charge in [0.05, 0.1) is 33.2 Å². The van der Waals surface area contributed by atoms with E-state index in [1.165, 1.54) is 18.3 Å². The molecular weight excluding hydrogens is 322 g/mol. The van der Waals surface area contributed by atoms with Gasteiger partial charge in [-0.2, -0.15) is 0 Å². The Morgan fingerprint density at radius 1 is 1.17 bits per heavy atom. The maximum atomic E-state index is 12.7. The van der Waals surface area contributed by atoms with Crippen LogP contribution in [0.1, 0.15) is 38.7 Å². The average Bonchev–Trinajstić information content (AvgIpc) is 3.32. The Kier molecular flexibility index (Phi) is 3.69. The van der Waals surface area contributed by atoms with E-state index in [1.807, 2.05) is 29.4 Å². The van der Waals surface area contributed by atoms with Gasteiger partial charge in [-0.1, -0.05) is 12.1 Å². The number of Topliss-reactive ketones (excluding diaryl/α,β-unsaturated/α-hetero) is 1. The molecule has 0 aliphatic carbocycles. The predicted molar refractivity (Wildman–Crippen MR) is 93.6 cm³/mol. The minimum Gasteiger partial charge on any atom is -0.336 e. The molecule has 1 unspecified atom stereocenters. The lowest BCUT2D eigenvalue weighted by molar-refractivity contribution is 0.0792. The van der Waals surface area contributed by atoms with Crippen LogP contribution in [0.2, 0.25) is 0 Å². The highest BCUT2D eigenvalue weighted by Gasteiger charge is 2.29. The number of hydrogen-bond donors (Lipinski definition) is 0. The molecule has 1 aliphatic heterocycles. The molecule has 2 aromatic heterocycles. The van der Waals surface area contributed by atoms with E-state index in [2.05, 4.69) is 15.6 Å². The van der Waals surface area contributed by atoms with E-state index >= 15 is 0 Å². The first-order chi connectivity index (χ1) is 11.6. The van der Waals surface area contributed by atoms with Crippen LogP contribution in [0.3, 0.4) is 0 Å². The Morgan fingerprint density at radius 2 is 1.96 bits per heavy atom. The molecule has 1 fully saturated rings. The van der Waals surface area contributed by atoms with Gasteiger partial charge in [-0.05, 0) is 37.6 Å². The summed E-state index contributed by atoms with van der Waals surface area (Å²) >= 11 is 1.28. The quantitative estimate of drug-likeness (QED) is 0.687. The fourth-order valence-electron chi connectivity index (χ4n) is 3.22. The number of hydrogen-bond acceptors (Lipinski definition) is 4. The van der Waals surface area contributed by atoms with Crippen LogP contribution >= 0.6 is 11.3 Å². The molecule has 0 radical (unpaired) electrons. The Morgan fingerprint density at radius 3 is 2.75 bits per heavy atom. The second-order valence-electron chi connectivity index (χ2n) is 6.05. The first-order valence-electron chi connectivity index (χ1n) is 7.95. The normalized spacial score (nSPS) is 17.5. The number of thiophene rings is 1. The second kappa shape index (κ2) is 5.87. The molecule has 1 amide bonds. The van der Waals surface area contributed by atoms with Crippen molar-refractivity contribution in [3.8, 4) is 0 Å². The van der Waals surface area contributed by atoms with Crippen LogP contribution in [0.5, 0.6) is 0 Å². The third-order valence-electron chi connectivity index (χ3n) is 4.49. The predicted octanol–water partition coefficient (Wildman–Crippen LogP) is 3.39. The lowest BCUT2D eigenvalue weighted by atomic mass is 10.2. The number of rotatable bonds is 3. The fraction of sp³-hybridized carbons (Fsp3) is 0.278. The van der Waals surface area contributed by atoms with E-state index < -0.39 is 0 Å². The number of imidazole rings is 1. The van der Waals surface area contributed by atoms with Gasteiger partial charge in [0.1, 0.15) is 0 Å². The third kappa shape index (κ3) is 2.53. The van der Waals surface area contributed by atoms with Crippen molar-refractivity contribution in [1.29, 1.82) is 0 Å². The van der Waals surface area contributed by atoms with Crippen LogP contribution < -0.4 is 0 Å². The zero-order valence-electron chi connectivity index (χ0n) is 13.3. The lowest BCUT2D eigenvalue weighted by Crippen LogP contribution is -2.28. The van der Waals surface area contributed by atoms with E-state index in [4.69, 9.17) is 0 Å². The van der Waals surface area contributed by atoms with E-state index in [0.29, 0.717) is 16.3 Å². The minimum absolute atomic E-state index is 0.00299. The van der Waals surface area contributed by atoms with E-state index in [-0.39, 0.29) is 17.7 Å². The highest BCUT2D eigenvalue weighted by molar-refractivity contribution is 7.15. The SMILES string of the molecule is CC(=O)c1ccc(C(=O)N2CCC(n3cnc4ccccc43)C2)s1. The van der Waals surface area contributed by atoms with Gasteiger partial charge in [0.2, 0.25) is 0 Å². The van der Waals surface area contributed by atoms with Crippen LogP contribution in [0.4, 0.5) is 0 Å². The monoisotopic (exact) mass is 339 g/mol. The van der Waals surface area contributed by atoms with Crippen LogP contribution in [-0.4, -0.2) is 39.2 Å². The molecule has 3 heterocycles. The Balaban J connectivity index is 1.53. The van der Waals surface area contributed by atoms with Crippen molar-refractivity contribution in [2.75, 3.05) is 13.1 Å². The number of fused-ring (bicyclic) bond motifs is 1. The number of carbonyl (C=O) groups is 2. The smallest absolute Gasteiger partial charge is 0.264 e. The van der Waals surface area contributed by atoms with Gasteiger partial charge in [0.25, 0.3) is 5.91 Å². The molecular formula is C18H17N3O2S. The van der Waals surface area contributed by atoms with Gasteiger partial charge < -0.3 is 9.47 Å². The number of para-hydroxylation sites is 2. The summed E-state index contributed by atoms with van der Waals surface area (Å²) in [5.41, 5.74) is 2.08. The molecule has 3 aromatic rings. The van der Waals surface area contributed by atoms with E-state index in [0.717, 1.165) is 24.0 Å². The summed E-state index contributed by atoms with van der Waals surface area (Å²) in [5, 5.41) is 0. The van der Waals surface area contributed by atoms with Crippen LogP contribution in [0.15, 0.2) is 42.7 Å². The number of likely N-dealkylation sites (tertiary alicyclic amines) is 1. The van der Waals surface area contributed by atoms with Crippen molar-refractivity contribution in [1.82, 2.24) is 14.5 Å². The van der Waals surface area contributed by atoms with Crippen LogP contribution in [-0.2, 0) is 0 Å². The molecule has 1 atom stereocenters. The minimum atomic E-state index is 0.00299. The molecule has 1 saturated heterocycles. The van der Waals surface area contributed by atoms with Gasteiger partial charge in [-0.25, -0.2) is 4.98 Å². The van der Waals surface area contributed by atoms with E-state index in [9.17, 15) is 9.59 Å². The van der Waals surface area contributed by atoms with Crippen LogP contribution in [0.25, 0.3) is 11.0 Å². The van der Waals surface area contributed by atoms with Crippen molar-refractivity contribution in [3.63, 3.8) is 0 Å². The van der Waals surface area contributed by atoms with Crippen molar-refractivity contribution in [2.45, 2.75) is 19.4 Å². The number of aromatic nitrogens is 2. The zero-order valence-corrected chi connectivity index (χ0v) is 14.1. The summed E-state index contributed by atoms with van der Waals surface area (Å²) in [6, 6.07) is 11.8. The first kappa shape index (κ1) is 15.1. The molecule has 0 spiro atoms.